The number of fused-ring (bicyclic) bond motifs is 1. The summed E-state index contributed by atoms with van der Waals surface area (Å²) in [4.78, 5) is 25.8. The van der Waals surface area contributed by atoms with Crippen molar-refractivity contribution in [1.29, 1.82) is 0 Å². The molecule has 4 unspecified atom stereocenters. The zero-order chi connectivity index (χ0) is 15.5. The van der Waals surface area contributed by atoms with E-state index >= 15 is 0 Å². The molecular weight excluding hydrogens is 306 g/mol. The van der Waals surface area contributed by atoms with Crippen LogP contribution in [0.1, 0.15) is 5.56 Å². The smallest absolute Gasteiger partial charge is 0.310 e. The van der Waals surface area contributed by atoms with Gasteiger partial charge in [0.05, 0.1) is 18.6 Å². The molecule has 114 valence electrons. The van der Waals surface area contributed by atoms with Crippen LogP contribution < -0.4 is 0 Å². The van der Waals surface area contributed by atoms with E-state index in [-0.39, 0.29) is 5.91 Å². The van der Waals surface area contributed by atoms with Crippen LogP contribution in [0, 0.1) is 11.8 Å². The topological polar surface area (TPSA) is 66.8 Å². The lowest BCUT2D eigenvalue weighted by Gasteiger charge is -2.21. The first-order valence-corrected chi connectivity index (χ1v) is 7.51. The molecule has 5 nitrogen and oxygen atoms in total. The number of amides is 1. The number of hydrogen-bond donors (Lipinski definition) is 1. The number of carbonyl (C=O) groups is 2. The molecule has 2 saturated heterocycles. The van der Waals surface area contributed by atoms with E-state index in [0.29, 0.717) is 18.1 Å². The van der Waals surface area contributed by atoms with Gasteiger partial charge in [-0.1, -0.05) is 35.9 Å². The van der Waals surface area contributed by atoms with Gasteiger partial charge in [-0.3, -0.25) is 9.59 Å². The van der Waals surface area contributed by atoms with Gasteiger partial charge in [-0.05, 0) is 17.7 Å². The minimum Gasteiger partial charge on any atom is -0.481 e. The second kappa shape index (κ2) is 4.57. The molecular formula is C16H14ClNO4. The Balaban J connectivity index is 1.61. The number of aliphatic carboxylic acids is 1. The molecule has 22 heavy (non-hydrogen) atoms. The van der Waals surface area contributed by atoms with Gasteiger partial charge in [-0.2, -0.15) is 0 Å². The SMILES string of the molecule is O=C(O)C1C2C=CC3(CN(Cc4ccc(Cl)cc4)C(=O)C13)O2. The van der Waals surface area contributed by atoms with Crippen molar-refractivity contribution in [3.63, 3.8) is 0 Å². The first-order valence-electron chi connectivity index (χ1n) is 7.13. The maximum atomic E-state index is 12.7. The van der Waals surface area contributed by atoms with Crippen LogP contribution in [-0.2, 0) is 20.9 Å². The molecule has 3 aliphatic heterocycles. The highest BCUT2D eigenvalue weighted by molar-refractivity contribution is 6.30. The van der Waals surface area contributed by atoms with Crippen LogP contribution in [-0.4, -0.2) is 40.1 Å². The van der Waals surface area contributed by atoms with Gasteiger partial charge in [0.2, 0.25) is 5.91 Å². The van der Waals surface area contributed by atoms with Crippen molar-refractivity contribution in [3.05, 3.63) is 47.0 Å². The lowest BCUT2D eigenvalue weighted by Crippen LogP contribution is -2.39. The summed E-state index contributed by atoms with van der Waals surface area (Å²) in [6.07, 6.45) is 3.15. The monoisotopic (exact) mass is 319 g/mol. The molecule has 1 spiro atoms. The lowest BCUT2D eigenvalue weighted by atomic mass is 9.77. The van der Waals surface area contributed by atoms with Crippen LogP contribution in [0.4, 0.5) is 0 Å². The Morgan fingerprint density at radius 1 is 1.41 bits per heavy atom. The summed E-state index contributed by atoms with van der Waals surface area (Å²) in [5.74, 6) is -2.52. The van der Waals surface area contributed by atoms with E-state index in [0.717, 1.165) is 5.56 Å². The fourth-order valence-corrected chi connectivity index (χ4v) is 3.93. The number of ether oxygens (including phenoxy) is 1. The summed E-state index contributed by atoms with van der Waals surface area (Å²) >= 11 is 5.86. The van der Waals surface area contributed by atoms with Gasteiger partial charge in [0, 0.05) is 11.6 Å². The average molecular weight is 320 g/mol. The molecule has 0 aromatic heterocycles. The summed E-state index contributed by atoms with van der Waals surface area (Å²) in [5, 5.41) is 10.0. The summed E-state index contributed by atoms with van der Waals surface area (Å²) in [5.41, 5.74) is 0.191. The van der Waals surface area contributed by atoms with Crippen LogP contribution >= 0.6 is 11.6 Å². The van der Waals surface area contributed by atoms with Gasteiger partial charge in [0.25, 0.3) is 0 Å². The quantitative estimate of drug-likeness (QED) is 0.861. The molecule has 1 N–H and O–H groups in total. The first kappa shape index (κ1) is 13.8. The normalized spacial score (nSPS) is 35.2. The molecule has 4 atom stereocenters. The summed E-state index contributed by atoms with van der Waals surface area (Å²) in [7, 11) is 0. The van der Waals surface area contributed by atoms with Crippen molar-refractivity contribution in [2.75, 3.05) is 6.54 Å². The third kappa shape index (κ3) is 1.82. The van der Waals surface area contributed by atoms with E-state index < -0.39 is 29.5 Å². The van der Waals surface area contributed by atoms with Gasteiger partial charge < -0.3 is 14.7 Å². The van der Waals surface area contributed by atoms with Crippen molar-refractivity contribution in [2.45, 2.75) is 18.2 Å². The maximum absolute atomic E-state index is 12.7. The summed E-state index contributed by atoms with van der Waals surface area (Å²) < 4.78 is 5.84. The molecule has 1 aromatic carbocycles. The molecule has 1 aromatic rings. The summed E-state index contributed by atoms with van der Waals surface area (Å²) in [6.45, 7) is 0.832. The Morgan fingerprint density at radius 2 is 2.14 bits per heavy atom. The van der Waals surface area contributed by atoms with E-state index in [1.54, 1.807) is 23.1 Å². The molecule has 3 heterocycles. The van der Waals surface area contributed by atoms with Crippen molar-refractivity contribution in [1.82, 2.24) is 4.90 Å². The number of carboxylic acids is 1. The van der Waals surface area contributed by atoms with Gasteiger partial charge in [0.1, 0.15) is 11.5 Å². The van der Waals surface area contributed by atoms with Gasteiger partial charge in [0.15, 0.2) is 0 Å². The number of halogens is 1. The van der Waals surface area contributed by atoms with E-state index in [2.05, 4.69) is 0 Å². The average Bonchev–Trinajstić information content (AvgIpc) is 3.10. The van der Waals surface area contributed by atoms with Crippen LogP contribution in [0.15, 0.2) is 36.4 Å². The number of carboxylic acid groups (broad SMARTS) is 1. The molecule has 4 rings (SSSR count). The van der Waals surface area contributed by atoms with Crippen molar-refractivity contribution >= 4 is 23.5 Å². The molecule has 3 aliphatic rings. The Hall–Kier alpha value is -1.85. The second-order valence-corrected chi connectivity index (χ2v) is 6.50. The van der Waals surface area contributed by atoms with Crippen molar-refractivity contribution in [3.8, 4) is 0 Å². The summed E-state index contributed by atoms with van der Waals surface area (Å²) in [6, 6.07) is 7.28. The molecule has 0 aliphatic carbocycles. The standard InChI is InChI=1S/C16H14ClNO4/c17-10-3-1-9(2-4-10)7-18-8-16-6-5-11(22-16)12(15(20)21)13(16)14(18)19/h1-6,11-13H,7-8H2,(H,20,21). The van der Waals surface area contributed by atoms with Crippen LogP contribution in [0.5, 0.6) is 0 Å². The lowest BCUT2D eigenvalue weighted by molar-refractivity contribution is -0.148. The van der Waals surface area contributed by atoms with Crippen LogP contribution in [0.25, 0.3) is 0 Å². The highest BCUT2D eigenvalue weighted by Crippen LogP contribution is 2.52. The highest BCUT2D eigenvalue weighted by atomic mass is 35.5. The predicted octanol–water partition coefficient (Wildman–Crippen LogP) is 1.71. The Bertz CT molecular complexity index is 686. The highest BCUT2D eigenvalue weighted by Gasteiger charge is 2.66. The van der Waals surface area contributed by atoms with E-state index in [4.69, 9.17) is 16.3 Å². The van der Waals surface area contributed by atoms with Gasteiger partial charge in [-0.15, -0.1) is 0 Å². The predicted molar refractivity (Wildman–Crippen MR) is 78.2 cm³/mol. The molecule has 0 saturated carbocycles. The Labute approximate surface area is 132 Å². The molecule has 2 bridgehead atoms. The largest absolute Gasteiger partial charge is 0.481 e. The molecule has 1 amide bonds. The van der Waals surface area contributed by atoms with Crippen molar-refractivity contribution < 1.29 is 19.4 Å². The zero-order valence-corrected chi connectivity index (χ0v) is 12.4. The Morgan fingerprint density at radius 3 is 2.82 bits per heavy atom. The fourth-order valence-electron chi connectivity index (χ4n) is 3.80. The number of rotatable bonds is 3. The third-order valence-electron chi connectivity index (χ3n) is 4.75. The van der Waals surface area contributed by atoms with E-state index in [1.807, 2.05) is 18.2 Å². The van der Waals surface area contributed by atoms with Crippen LogP contribution in [0.3, 0.4) is 0 Å². The number of benzene rings is 1. The van der Waals surface area contributed by atoms with Gasteiger partial charge >= 0.3 is 5.97 Å². The minimum absolute atomic E-state index is 0.144. The zero-order valence-electron chi connectivity index (χ0n) is 11.6. The maximum Gasteiger partial charge on any atom is 0.310 e. The first-order chi connectivity index (χ1) is 10.5. The number of likely N-dealkylation sites (tertiary alicyclic amines) is 1. The third-order valence-corrected chi connectivity index (χ3v) is 5.00. The fraction of sp³-hybridized carbons (Fsp3) is 0.375. The van der Waals surface area contributed by atoms with Crippen LogP contribution in [0.2, 0.25) is 5.02 Å². The second-order valence-electron chi connectivity index (χ2n) is 6.06. The van der Waals surface area contributed by atoms with Crippen molar-refractivity contribution in [2.24, 2.45) is 11.8 Å². The number of carbonyl (C=O) groups excluding carboxylic acids is 1. The number of nitrogens with zero attached hydrogens (tertiary/aromatic N) is 1. The molecule has 2 fully saturated rings. The number of hydrogen-bond acceptors (Lipinski definition) is 3. The Kier molecular flexibility index (Phi) is 2.86. The van der Waals surface area contributed by atoms with E-state index in [1.165, 1.54) is 0 Å². The van der Waals surface area contributed by atoms with Gasteiger partial charge in [-0.25, -0.2) is 0 Å². The minimum atomic E-state index is -0.970. The van der Waals surface area contributed by atoms with E-state index in [9.17, 15) is 14.7 Å². The molecule has 0 radical (unpaired) electrons. The molecule has 6 heteroatoms.